The highest BCUT2D eigenvalue weighted by atomic mass is 16.7. The minimum atomic E-state index is -1.32. The van der Waals surface area contributed by atoms with Crippen molar-refractivity contribution in [3.8, 4) is 0 Å². The third-order valence-electron chi connectivity index (χ3n) is 8.55. The molecule has 1 aliphatic heterocycles. The normalized spacial score (nSPS) is 20.2. The molecule has 1 heterocycles. The quantitative estimate of drug-likeness (QED) is 0.0442. The molecule has 1 aliphatic rings. The second kappa shape index (κ2) is 16.1. The summed E-state index contributed by atoms with van der Waals surface area (Å²) in [6, 6.07) is 44.8. The van der Waals surface area contributed by atoms with E-state index in [4.69, 9.17) is 23.7 Å². The van der Waals surface area contributed by atoms with Crippen LogP contribution in [0.5, 0.6) is 0 Å². The SMILES string of the molecule is CO[C@H]1O[C@H](COC(c2ccccc2)(c2ccccc2)c2ccccc2)[C@@H](N=[N+]=[N-])[C@H](OC(=O)c2ccccc2)[C@H]1OC(=O)c1ccccc1. The smallest absolute Gasteiger partial charge is 0.338 e. The Morgan fingerprint density at radius 1 is 0.660 bits per heavy atom. The first-order chi connectivity index (χ1) is 24.5. The van der Waals surface area contributed by atoms with E-state index in [2.05, 4.69) is 10.0 Å². The summed E-state index contributed by atoms with van der Waals surface area (Å²) in [5.41, 5.74) is 11.7. The lowest BCUT2D eigenvalue weighted by Gasteiger charge is -2.44. The minimum absolute atomic E-state index is 0.152. The van der Waals surface area contributed by atoms with Gasteiger partial charge in [0.25, 0.3) is 0 Å². The second-order valence-corrected chi connectivity index (χ2v) is 11.5. The van der Waals surface area contributed by atoms with Crippen LogP contribution in [0.15, 0.2) is 157 Å². The van der Waals surface area contributed by atoms with Crippen LogP contribution in [0.25, 0.3) is 10.4 Å². The Morgan fingerprint density at radius 2 is 1.06 bits per heavy atom. The lowest BCUT2D eigenvalue weighted by Crippen LogP contribution is -2.61. The molecule has 5 aromatic rings. The summed E-state index contributed by atoms with van der Waals surface area (Å²) in [4.78, 5) is 30.0. The Labute approximate surface area is 289 Å². The molecule has 0 unspecified atom stereocenters. The van der Waals surface area contributed by atoms with E-state index < -0.39 is 48.2 Å². The van der Waals surface area contributed by atoms with Gasteiger partial charge in [-0.2, -0.15) is 0 Å². The number of methoxy groups -OCH3 is 1. The molecule has 252 valence electrons. The van der Waals surface area contributed by atoms with Gasteiger partial charge in [0, 0.05) is 12.0 Å². The van der Waals surface area contributed by atoms with E-state index in [1.165, 1.54) is 7.11 Å². The van der Waals surface area contributed by atoms with Crippen LogP contribution in [0.3, 0.4) is 0 Å². The summed E-state index contributed by atoms with van der Waals surface area (Å²) in [5.74, 6) is -1.41. The summed E-state index contributed by atoms with van der Waals surface area (Å²) in [6.07, 6.45) is -4.88. The standard InChI is InChI=1S/C40H35N3O7/c1-46-39-36(50-38(45)29-19-9-3-10-20-29)35(49-37(44)28-17-7-2-8-18-28)34(42-43-41)33(48-39)27-47-40(30-21-11-4-12-22-30,31-23-13-5-14-24-31)32-25-15-6-16-26-32/h2-26,33-36,39H,27H2,1H3/t33-,34-,35+,36-,39+/m1/s1. The van der Waals surface area contributed by atoms with E-state index in [-0.39, 0.29) is 17.7 Å². The van der Waals surface area contributed by atoms with Gasteiger partial charge < -0.3 is 23.7 Å². The summed E-state index contributed by atoms with van der Waals surface area (Å²) in [5, 5.41) is 4.06. The Hall–Kier alpha value is -5.77. The fourth-order valence-electron chi connectivity index (χ4n) is 6.19. The molecule has 0 bridgehead atoms. The number of carbonyl (C=O) groups excluding carboxylic acids is 2. The van der Waals surface area contributed by atoms with Crippen LogP contribution in [-0.4, -0.2) is 56.3 Å². The van der Waals surface area contributed by atoms with E-state index in [1.54, 1.807) is 60.7 Å². The van der Waals surface area contributed by atoms with Crippen molar-refractivity contribution in [2.24, 2.45) is 5.11 Å². The lowest BCUT2D eigenvalue weighted by atomic mass is 9.80. The number of rotatable bonds is 12. The van der Waals surface area contributed by atoms with Crippen molar-refractivity contribution in [3.63, 3.8) is 0 Å². The molecule has 0 N–H and O–H groups in total. The molecule has 1 fully saturated rings. The molecule has 6 rings (SSSR count). The van der Waals surface area contributed by atoms with Gasteiger partial charge in [0.15, 0.2) is 18.5 Å². The fourth-order valence-corrected chi connectivity index (χ4v) is 6.19. The topological polar surface area (TPSA) is 129 Å². The van der Waals surface area contributed by atoms with Crippen LogP contribution in [0.4, 0.5) is 0 Å². The molecule has 0 amide bonds. The predicted octanol–water partition coefficient (Wildman–Crippen LogP) is 7.50. The average Bonchev–Trinajstić information content (AvgIpc) is 3.18. The minimum Gasteiger partial charge on any atom is -0.454 e. The van der Waals surface area contributed by atoms with Gasteiger partial charge in [-0.3, -0.25) is 0 Å². The number of hydrogen-bond donors (Lipinski definition) is 0. The van der Waals surface area contributed by atoms with Crippen LogP contribution in [0.2, 0.25) is 0 Å². The zero-order chi connectivity index (χ0) is 34.8. The number of benzene rings is 5. The Morgan fingerprint density at radius 3 is 1.46 bits per heavy atom. The molecule has 1 saturated heterocycles. The zero-order valence-corrected chi connectivity index (χ0v) is 27.2. The zero-order valence-electron chi connectivity index (χ0n) is 27.2. The first-order valence-corrected chi connectivity index (χ1v) is 16.1. The fraction of sp³-hybridized carbons (Fsp3) is 0.200. The molecule has 0 spiro atoms. The van der Waals surface area contributed by atoms with Gasteiger partial charge in [0.1, 0.15) is 11.6 Å². The van der Waals surface area contributed by atoms with Crippen LogP contribution in [0.1, 0.15) is 37.4 Å². The highest BCUT2D eigenvalue weighted by Crippen LogP contribution is 2.41. The number of carbonyl (C=O) groups is 2. The van der Waals surface area contributed by atoms with Crippen LogP contribution < -0.4 is 0 Å². The van der Waals surface area contributed by atoms with Gasteiger partial charge in [-0.15, -0.1) is 0 Å². The monoisotopic (exact) mass is 669 g/mol. The maximum Gasteiger partial charge on any atom is 0.338 e. The number of nitrogens with zero attached hydrogens (tertiary/aromatic N) is 3. The first-order valence-electron chi connectivity index (χ1n) is 16.1. The third-order valence-corrected chi connectivity index (χ3v) is 8.55. The van der Waals surface area contributed by atoms with Gasteiger partial charge in [-0.05, 0) is 46.5 Å². The maximum atomic E-state index is 13.5. The molecule has 50 heavy (non-hydrogen) atoms. The molecule has 5 aromatic carbocycles. The molecule has 0 radical (unpaired) electrons. The molecular formula is C40H35N3O7. The lowest BCUT2D eigenvalue weighted by molar-refractivity contribution is -0.272. The Balaban J connectivity index is 1.41. The van der Waals surface area contributed by atoms with Crippen molar-refractivity contribution in [1.29, 1.82) is 0 Å². The number of ether oxygens (including phenoxy) is 5. The molecule has 10 nitrogen and oxygen atoms in total. The van der Waals surface area contributed by atoms with E-state index >= 15 is 0 Å². The Kier molecular flexibility index (Phi) is 11.0. The molecule has 0 aliphatic carbocycles. The molecular weight excluding hydrogens is 634 g/mol. The van der Waals surface area contributed by atoms with Crippen molar-refractivity contribution < 1.29 is 33.3 Å². The molecule has 10 heteroatoms. The summed E-state index contributed by atoms with van der Waals surface area (Å²) in [7, 11) is 1.39. The van der Waals surface area contributed by atoms with E-state index in [0.29, 0.717) is 0 Å². The van der Waals surface area contributed by atoms with Crippen molar-refractivity contribution in [3.05, 3.63) is 190 Å². The molecule has 5 atom stereocenters. The van der Waals surface area contributed by atoms with E-state index in [9.17, 15) is 15.1 Å². The van der Waals surface area contributed by atoms with E-state index in [1.807, 2.05) is 91.0 Å². The number of esters is 2. The second-order valence-electron chi connectivity index (χ2n) is 11.5. The van der Waals surface area contributed by atoms with Crippen LogP contribution >= 0.6 is 0 Å². The van der Waals surface area contributed by atoms with E-state index in [0.717, 1.165) is 16.7 Å². The highest BCUT2D eigenvalue weighted by Gasteiger charge is 2.51. The third kappa shape index (κ3) is 7.29. The van der Waals surface area contributed by atoms with Crippen LogP contribution in [-0.2, 0) is 29.3 Å². The highest BCUT2D eigenvalue weighted by molar-refractivity contribution is 5.90. The van der Waals surface area contributed by atoms with Crippen molar-refractivity contribution in [2.75, 3.05) is 13.7 Å². The summed E-state index contributed by atoms with van der Waals surface area (Å²) < 4.78 is 31.1. The summed E-state index contributed by atoms with van der Waals surface area (Å²) in [6.45, 7) is -0.152. The van der Waals surface area contributed by atoms with Gasteiger partial charge >= 0.3 is 11.9 Å². The number of azide groups is 1. The van der Waals surface area contributed by atoms with Crippen LogP contribution in [0, 0.1) is 0 Å². The van der Waals surface area contributed by atoms with Gasteiger partial charge in [0.2, 0.25) is 0 Å². The first kappa shape index (κ1) is 34.1. The van der Waals surface area contributed by atoms with Gasteiger partial charge in [0.05, 0.1) is 23.8 Å². The molecule has 0 saturated carbocycles. The predicted molar refractivity (Wildman–Crippen MR) is 185 cm³/mol. The van der Waals surface area contributed by atoms with Crippen molar-refractivity contribution in [2.45, 2.75) is 36.2 Å². The molecule has 0 aromatic heterocycles. The van der Waals surface area contributed by atoms with Gasteiger partial charge in [-0.1, -0.05) is 133 Å². The number of hydrogen-bond acceptors (Lipinski definition) is 8. The van der Waals surface area contributed by atoms with Crippen molar-refractivity contribution >= 4 is 11.9 Å². The maximum absolute atomic E-state index is 13.5. The largest absolute Gasteiger partial charge is 0.454 e. The van der Waals surface area contributed by atoms with Crippen molar-refractivity contribution in [1.82, 2.24) is 0 Å². The van der Waals surface area contributed by atoms with Gasteiger partial charge in [-0.25, -0.2) is 9.59 Å². The average molecular weight is 670 g/mol. The Bertz CT molecular complexity index is 1790. The summed E-state index contributed by atoms with van der Waals surface area (Å²) >= 11 is 0.